The highest BCUT2D eigenvalue weighted by atomic mass is 13.7. The number of hydrogen-bond donors (Lipinski definition) is 0. The van der Waals surface area contributed by atoms with Crippen molar-refractivity contribution in [3.05, 3.63) is 23.8 Å². The van der Waals surface area contributed by atoms with E-state index in [1.807, 2.05) is 32.9 Å². The van der Waals surface area contributed by atoms with Gasteiger partial charge in [-0.2, -0.15) is 0 Å². The maximum atomic E-state index is 2.08. The van der Waals surface area contributed by atoms with Crippen LogP contribution in [0.15, 0.2) is 23.8 Å². The molecule has 0 spiro atoms. The summed E-state index contributed by atoms with van der Waals surface area (Å²) in [6.45, 7) is 10.2. The van der Waals surface area contributed by atoms with Gasteiger partial charge in [0, 0.05) is 0 Å². The van der Waals surface area contributed by atoms with E-state index in [0.717, 1.165) is 0 Å². The van der Waals surface area contributed by atoms with Gasteiger partial charge in [-0.3, -0.25) is 0 Å². The first-order valence-corrected chi connectivity index (χ1v) is 3.35. The van der Waals surface area contributed by atoms with Crippen LogP contribution in [0.4, 0.5) is 0 Å². The van der Waals surface area contributed by atoms with Gasteiger partial charge in [0.2, 0.25) is 0 Å². The molecule has 0 unspecified atom stereocenters. The van der Waals surface area contributed by atoms with Crippen molar-refractivity contribution in [3.8, 4) is 0 Å². The molecule has 0 saturated heterocycles. The number of allylic oxidation sites excluding steroid dienone is 4. The lowest BCUT2D eigenvalue weighted by molar-refractivity contribution is 1.36. The van der Waals surface area contributed by atoms with E-state index in [-0.39, 0.29) is 0 Å². The van der Waals surface area contributed by atoms with Gasteiger partial charge in [-0.25, -0.2) is 0 Å². The number of rotatable bonds is 0. The molecule has 0 saturated carbocycles. The molecule has 0 heteroatoms. The third kappa shape index (κ3) is 36.5. The largest absolute Gasteiger partial charge is 0.0919 e. The average molecular weight is 126 g/mol. The van der Waals surface area contributed by atoms with Crippen molar-refractivity contribution < 1.29 is 0 Å². The molecular weight excluding hydrogens is 108 g/mol. The van der Waals surface area contributed by atoms with Crippen molar-refractivity contribution in [1.29, 1.82) is 0 Å². The second-order valence-electron chi connectivity index (χ2n) is 2.03. The monoisotopic (exact) mass is 126 g/mol. The second-order valence-corrected chi connectivity index (χ2v) is 2.03. The topological polar surface area (TPSA) is 0 Å². The Bertz CT molecular complexity index is 78.2. The molecule has 0 bridgehead atoms. The summed E-state index contributed by atoms with van der Waals surface area (Å²) < 4.78 is 0. The Hall–Kier alpha value is -0.520. The van der Waals surface area contributed by atoms with Crippen LogP contribution >= 0.6 is 0 Å². The van der Waals surface area contributed by atoms with Gasteiger partial charge < -0.3 is 0 Å². The maximum absolute atomic E-state index is 2.08. The zero-order chi connectivity index (χ0) is 7.70. The first kappa shape index (κ1) is 11.3. The van der Waals surface area contributed by atoms with Crippen LogP contribution in [0.1, 0.15) is 34.6 Å². The second kappa shape index (κ2) is 10.5. The molecule has 9 heavy (non-hydrogen) atoms. The number of hydrogen-bond acceptors (Lipinski definition) is 0. The highest BCUT2D eigenvalue weighted by Crippen LogP contribution is 1.82. The minimum atomic E-state index is 1.38. The van der Waals surface area contributed by atoms with E-state index in [0.29, 0.717) is 0 Å². The molecule has 0 aromatic heterocycles. The van der Waals surface area contributed by atoms with Crippen molar-refractivity contribution in [2.75, 3.05) is 0 Å². The molecule has 0 rings (SSSR count). The summed E-state index contributed by atoms with van der Waals surface area (Å²) in [7, 11) is 0. The highest BCUT2D eigenvalue weighted by molar-refractivity contribution is 4.88. The Labute approximate surface area is 59.3 Å². The lowest BCUT2D eigenvalue weighted by Gasteiger charge is -1.74. The zero-order valence-corrected chi connectivity index (χ0v) is 7.23. The predicted octanol–water partition coefficient (Wildman–Crippen LogP) is 3.55. The van der Waals surface area contributed by atoms with Crippen LogP contribution in [0.5, 0.6) is 0 Å². The van der Waals surface area contributed by atoms with Gasteiger partial charge in [0.1, 0.15) is 0 Å². The van der Waals surface area contributed by atoms with Crippen LogP contribution in [0.25, 0.3) is 0 Å². The minimum absolute atomic E-state index is 1.38. The molecule has 0 nitrogen and oxygen atoms in total. The summed E-state index contributed by atoms with van der Waals surface area (Å²) >= 11 is 0. The van der Waals surface area contributed by atoms with E-state index in [1.54, 1.807) is 0 Å². The van der Waals surface area contributed by atoms with E-state index < -0.39 is 0 Å². The Kier molecular flexibility index (Phi) is 13.1. The van der Waals surface area contributed by atoms with Crippen molar-refractivity contribution in [2.45, 2.75) is 34.6 Å². The predicted molar refractivity (Wildman–Crippen MR) is 45.6 cm³/mol. The lowest BCUT2D eigenvalue weighted by Crippen LogP contribution is -1.52. The minimum Gasteiger partial charge on any atom is -0.0919 e. The molecule has 0 radical (unpaired) electrons. The highest BCUT2D eigenvalue weighted by Gasteiger charge is 1.60. The van der Waals surface area contributed by atoms with Gasteiger partial charge in [-0.05, 0) is 34.6 Å². The third-order valence-electron chi connectivity index (χ3n) is 0.911. The lowest BCUT2D eigenvalue weighted by atomic mass is 10.3. The molecule has 54 valence electrons. The van der Waals surface area contributed by atoms with Gasteiger partial charge in [-0.15, -0.1) is 0 Å². The van der Waals surface area contributed by atoms with Crippen molar-refractivity contribution in [2.24, 2.45) is 0 Å². The fraction of sp³-hybridized carbons (Fsp3) is 0.556. The molecule has 0 amide bonds. The summed E-state index contributed by atoms with van der Waals surface area (Å²) in [5.41, 5.74) is 1.38. The smallest absolute Gasteiger partial charge is 0.0442 e. The molecule has 0 aliphatic heterocycles. The average Bonchev–Trinajstić information content (AvgIpc) is 1.89. The standard InChI is InChI=1S/C5H10.C4H8/c1-4-5(2)3;1-3-4-2/h4H,1-3H3;3-4H,1-2H3/b;4-3+. The first-order valence-electron chi connectivity index (χ1n) is 3.35. The zero-order valence-electron chi connectivity index (χ0n) is 7.23. The normalized spacial score (nSPS) is 8.11. The van der Waals surface area contributed by atoms with Crippen molar-refractivity contribution in [3.63, 3.8) is 0 Å². The summed E-state index contributed by atoms with van der Waals surface area (Å²) in [5.74, 6) is 0. The molecule has 0 aliphatic rings. The van der Waals surface area contributed by atoms with E-state index in [1.165, 1.54) is 5.57 Å². The summed E-state index contributed by atoms with van der Waals surface area (Å²) in [5, 5.41) is 0. The van der Waals surface area contributed by atoms with E-state index >= 15 is 0 Å². The van der Waals surface area contributed by atoms with Crippen LogP contribution in [0.3, 0.4) is 0 Å². The quantitative estimate of drug-likeness (QED) is 0.435. The van der Waals surface area contributed by atoms with Gasteiger partial charge in [-0.1, -0.05) is 23.8 Å². The molecule has 0 heterocycles. The molecule has 0 aromatic carbocycles. The van der Waals surface area contributed by atoms with Crippen LogP contribution in [-0.2, 0) is 0 Å². The van der Waals surface area contributed by atoms with Crippen LogP contribution < -0.4 is 0 Å². The van der Waals surface area contributed by atoms with Crippen LogP contribution in [0.2, 0.25) is 0 Å². The Morgan fingerprint density at radius 1 is 0.889 bits per heavy atom. The first-order chi connectivity index (χ1) is 4.18. The van der Waals surface area contributed by atoms with Crippen LogP contribution in [0, 0.1) is 0 Å². The fourth-order valence-corrected chi connectivity index (χ4v) is 0. The molecule has 0 atom stereocenters. The van der Waals surface area contributed by atoms with E-state index in [4.69, 9.17) is 0 Å². The summed E-state index contributed by atoms with van der Waals surface area (Å²) in [6, 6.07) is 0. The molecule has 0 N–H and O–H groups in total. The van der Waals surface area contributed by atoms with Gasteiger partial charge >= 0.3 is 0 Å². The van der Waals surface area contributed by atoms with E-state index in [2.05, 4.69) is 19.9 Å². The molecule has 0 aromatic rings. The van der Waals surface area contributed by atoms with Gasteiger partial charge in [0.25, 0.3) is 0 Å². The molecular formula is C9H18. The van der Waals surface area contributed by atoms with E-state index in [9.17, 15) is 0 Å². The summed E-state index contributed by atoms with van der Waals surface area (Å²) in [4.78, 5) is 0. The third-order valence-corrected chi connectivity index (χ3v) is 0.911. The van der Waals surface area contributed by atoms with Gasteiger partial charge in [0.15, 0.2) is 0 Å². The SMILES string of the molecule is C/C=C/C.CC=C(C)C. The maximum Gasteiger partial charge on any atom is -0.0442 e. The molecule has 0 fully saturated rings. The van der Waals surface area contributed by atoms with Gasteiger partial charge in [0.05, 0.1) is 0 Å². The van der Waals surface area contributed by atoms with Crippen molar-refractivity contribution in [1.82, 2.24) is 0 Å². The van der Waals surface area contributed by atoms with Crippen LogP contribution in [-0.4, -0.2) is 0 Å². The Morgan fingerprint density at radius 2 is 1.11 bits per heavy atom. The van der Waals surface area contributed by atoms with Crippen molar-refractivity contribution >= 4 is 0 Å². The summed E-state index contributed by atoms with van der Waals surface area (Å²) in [6.07, 6.45) is 6.08. The molecule has 0 aliphatic carbocycles. The fourth-order valence-electron chi connectivity index (χ4n) is 0. The Balaban J connectivity index is 0. The Morgan fingerprint density at radius 3 is 1.11 bits per heavy atom.